The van der Waals surface area contributed by atoms with Crippen LogP contribution in [0.5, 0.6) is 11.5 Å². The second kappa shape index (κ2) is 12.9. The lowest BCUT2D eigenvalue weighted by Crippen LogP contribution is -2.35. The third-order valence-electron chi connectivity index (χ3n) is 4.03. The number of hydrogen-bond donors (Lipinski definition) is 1. The van der Waals surface area contributed by atoms with Crippen LogP contribution >= 0.6 is 0 Å². The number of hydrogen-bond acceptors (Lipinski definition) is 7. The second-order valence-corrected chi connectivity index (χ2v) is 7.23. The van der Waals surface area contributed by atoms with Crippen LogP contribution in [0, 0.1) is 0 Å². The fourth-order valence-electron chi connectivity index (χ4n) is 2.49. The van der Waals surface area contributed by atoms with Gasteiger partial charge in [-0.1, -0.05) is 32.8 Å². The zero-order valence-corrected chi connectivity index (χ0v) is 17.9. The van der Waals surface area contributed by atoms with Crippen molar-refractivity contribution in [2.24, 2.45) is 5.73 Å². The number of unbranched alkanes of at least 4 members (excludes halogenated alkanes) is 2. The minimum Gasteiger partial charge on any atom is -0.462 e. The first kappa shape index (κ1) is 24.6. The van der Waals surface area contributed by atoms with Crippen molar-refractivity contribution >= 4 is 17.9 Å². The van der Waals surface area contributed by atoms with Crippen molar-refractivity contribution in [3.8, 4) is 11.5 Å². The largest absolute Gasteiger partial charge is 0.462 e. The smallest absolute Gasteiger partial charge is 0.323 e. The number of benzene rings is 1. The highest BCUT2D eigenvalue weighted by Crippen LogP contribution is 2.30. The van der Waals surface area contributed by atoms with Crippen molar-refractivity contribution in [2.45, 2.75) is 84.8 Å². The molecular formula is C22H33NO6. The van der Waals surface area contributed by atoms with Gasteiger partial charge in [0.05, 0.1) is 6.10 Å². The SMILES string of the molecule is CCCCC(=O)Oc1ccc(C[C@H](N)C(=O)OC(C)C)cc1OC(=O)CCCC. The predicted molar refractivity (Wildman–Crippen MR) is 110 cm³/mol. The third kappa shape index (κ3) is 9.56. The van der Waals surface area contributed by atoms with Crippen molar-refractivity contribution in [2.75, 3.05) is 0 Å². The molecule has 0 saturated carbocycles. The van der Waals surface area contributed by atoms with Crippen LogP contribution in [0.25, 0.3) is 0 Å². The van der Waals surface area contributed by atoms with E-state index in [2.05, 4.69) is 0 Å². The molecule has 2 N–H and O–H groups in total. The molecule has 7 heteroatoms. The van der Waals surface area contributed by atoms with E-state index in [1.165, 1.54) is 0 Å². The first-order valence-electron chi connectivity index (χ1n) is 10.3. The van der Waals surface area contributed by atoms with Crippen LogP contribution in [0.3, 0.4) is 0 Å². The van der Waals surface area contributed by atoms with Crippen LogP contribution in [0.2, 0.25) is 0 Å². The summed E-state index contributed by atoms with van der Waals surface area (Å²) < 4.78 is 15.9. The third-order valence-corrected chi connectivity index (χ3v) is 4.03. The summed E-state index contributed by atoms with van der Waals surface area (Å²) in [5.41, 5.74) is 6.59. The Morgan fingerprint density at radius 2 is 1.48 bits per heavy atom. The Kier molecular flexibility index (Phi) is 11.0. The minimum atomic E-state index is -0.848. The fourth-order valence-corrected chi connectivity index (χ4v) is 2.49. The molecule has 0 heterocycles. The normalized spacial score (nSPS) is 11.8. The zero-order chi connectivity index (χ0) is 21.8. The van der Waals surface area contributed by atoms with E-state index in [4.69, 9.17) is 19.9 Å². The molecule has 1 atom stereocenters. The lowest BCUT2D eigenvalue weighted by molar-refractivity contribution is -0.149. The van der Waals surface area contributed by atoms with E-state index in [1.807, 2.05) is 13.8 Å². The van der Waals surface area contributed by atoms with Crippen LogP contribution in [-0.4, -0.2) is 30.1 Å². The quantitative estimate of drug-likeness (QED) is 0.416. The van der Waals surface area contributed by atoms with Gasteiger partial charge >= 0.3 is 17.9 Å². The average molecular weight is 408 g/mol. The first-order chi connectivity index (χ1) is 13.8. The Bertz CT molecular complexity index is 686. The van der Waals surface area contributed by atoms with Crippen molar-refractivity contribution in [1.29, 1.82) is 0 Å². The molecule has 0 aliphatic heterocycles. The highest BCUT2D eigenvalue weighted by atomic mass is 16.6. The fraction of sp³-hybridized carbons (Fsp3) is 0.591. The Morgan fingerprint density at radius 1 is 0.931 bits per heavy atom. The van der Waals surface area contributed by atoms with Crippen LogP contribution in [-0.2, 0) is 25.5 Å². The van der Waals surface area contributed by atoms with E-state index in [0.29, 0.717) is 12.0 Å². The molecular weight excluding hydrogens is 374 g/mol. The van der Waals surface area contributed by atoms with E-state index >= 15 is 0 Å². The van der Waals surface area contributed by atoms with Gasteiger partial charge in [0.2, 0.25) is 0 Å². The van der Waals surface area contributed by atoms with E-state index in [9.17, 15) is 14.4 Å². The van der Waals surface area contributed by atoms with E-state index in [0.717, 1.165) is 19.3 Å². The number of carbonyl (C=O) groups excluding carboxylic acids is 3. The van der Waals surface area contributed by atoms with Crippen LogP contribution in [0.4, 0.5) is 0 Å². The maximum Gasteiger partial charge on any atom is 0.323 e. The number of ether oxygens (including phenoxy) is 3. The highest BCUT2D eigenvalue weighted by molar-refractivity contribution is 5.77. The predicted octanol–water partition coefficient (Wildman–Crippen LogP) is 3.70. The molecule has 0 amide bonds. The second-order valence-electron chi connectivity index (χ2n) is 7.23. The zero-order valence-electron chi connectivity index (χ0n) is 17.9. The summed E-state index contributed by atoms with van der Waals surface area (Å²) in [4.78, 5) is 36.0. The monoisotopic (exact) mass is 407 g/mol. The van der Waals surface area contributed by atoms with Crippen molar-refractivity contribution in [1.82, 2.24) is 0 Å². The standard InChI is InChI=1S/C22H33NO6/c1-5-7-9-20(24)28-18-12-11-16(13-17(23)22(26)27-15(3)4)14-19(18)29-21(25)10-8-6-2/h11-12,14-15,17H,5-10,13,23H2,1-4H3/t17-/m0/s1. The Hall–Kier alpha value is -2.41. The molecule has 1 aromatic carbocycles. The molecule has 0 spiro atoms. The van der Waals surface area contributed by atoms with Crippen molar-refractivity contribution < 1.29 is 28.6 Å². The topological polar surface area (TPSA) is 105 Å². The van der Waals surface area contributed by atoms with Gasteiger partial charge in [-0.15, -0.1) is 0 Å². The number of nitrogens with two attached hydrogens (primary N) is 1. The Balaban J connectivity index is 2.96. The molecule has 0 saturated heterocycles. The van der Waals surface area contributed by atoms with Gasteiger partial charge in [-0.05, 0) is 50.8 Å². The van der Waals surface area contributed by atoms with Gasteiger partial charge in [0.25, 0.3) is 0 Å². The Labute approximate surface area is 172 Å². The molecule has 0 fully saturated rings. The lowest BCUT2D eigenvalue weighted by Gasteiger charge is -2.15. The summed E-state index contributed by atoms with van der Waals surface area (Å²) in [5, 5.41) is 0. The molecule has 0 unspecified atom stereocenters. The molecule has 162 valence electrons. The van der Waals surface area contributed by atoms with Gasteiger partial charge in [-0.25, -0.2) is 0 Å². The van der Waals surface area contributed by atoms with Gasteiger partial charge in [0.1, 0.15) is 6.04 Å². The molecule has 7 nitrogen and oxygen atoms in total. The molecule has 0 aliphatic rings. The van der Waals surface area contributed by atoms with Gasteiger partial charge in [-0.2, -0.15) is 0 Å². The molecule has 0 radical (unpaired) electrons. The summed E-state index contributed by atoms with van der Waals surface area (Å²) in [5.74, 6) is -0.964. The number of esters is 3. The van der Waals surface area contributed by atoms with Crippen molar-refractivity contribution in [3.05, 3.63) is 23.8 Å². The molecule has 0 aromatic heterocycles. The number of rotatable bonds is 12. The summed E-state index contributed by atoms with van der Waals surface area (Å²) in [6.45, 7) is 7.46. The Morgan fingerprint density at radius 3 is 2.00 bits per heavy atom. The lowest BCUT2D eigenvalue weighted by atomic mass is 10.1. The molecule has 0 bridgehead atoms. The molecule has 1 rings (SSSR count). The summed E-state index contributed by atoms with van der Waals surface area (Å²) in [7, 11) is 0. The maximum absolute atomic E-state index is 12.1. The summed E-state index contributed by atoms with van der Waals surface area (Å²) in [6.07, 6.45) is 3.66. The summed E-state index contributed by atoms with van der Waals surface area (Å²) >= 11 is 0. The van der Waals surface area contributed by atoms with Gasteiger partial charge in [0, 0.05) is 12.8 Å². The maximum atomic E-state index is 12.1. The van der Waals surface area contributed by atoms with Crippen LogP contribution < -0.4 is 15.2 Å². The van der Waals surface area contributed by atoms with E-state index in [-0.39, 0.29) is 42.8 Å². The van der Waals surface area contributed by atoms with E-state index in [1.54, 1.807) is 32.0 Å². The highest BCUT2D eigenvalue weighted by Gasteiger charge is 2.20. The van der Waals surface area contributed by atoms with Crippen LogP contribution in [0.15, 0.2) is 18.2 Å². The molecule has 29 heavy (non-hydrogen) atoms. The van der Waals surface area contributed by atoms with Gasteiger partial charge in [0.15, 0.2) is 11.5 Å². The summed E-state index contributed by atoms with van der Waals surface area (Å²) in [6, 6.07) is 3.98. The number of carbonyl (C=O) groups is 3. The first-order valence-corrected chi connectivity index (χ1v) is 10.3. The molecule has 1 aromatic rings. The van der Waals surface area contributed by atoms with Crippen LogP contribution in [0.1, 0.15) is 71.8 Å². The average Bonchev–Trinajstić information content (AvgIpc) is 2.66. The van der Waals surface area contributed by atoms with Crippen molar-refractivity contribution in [3.63, 3.8) is 0 Å². The van der Waals surface area contributed by atoms with Gasteiger partial charge < -0.3 is 19.9 Å². The van der Waals surface area contributed by atoms with Gasteiger partial charge in [-0.3, -0.25) is 14.4 Å². The van der Waals surface area contributed by atoms with E-state index < -0.39 is 18.0 Å². The molecule has 0 aliphatic carbocycles. The minimum absolute atomic E-state index is 0.151.